The molecular formula is C14H26N4O3. The summed E-state index contributed by atoms with van der Waals surface area (Å²) in [5.41, 5.74) is 5.78. The lowest BCUT2D eigenvalue weighted by Crippen LogP contribution is -2.46. The smallest absolute Gasteiger partial charge is 0.409 e. The third-order valence-corrected chi connectivity index (χ3v) is 4.43. The molecular weight excluding hydrogens is 272 g/mol. The molecule has 0 aromatic heterocycles. The molecule has 0 unspecified atom stereocenters. The Morgan fingerprint density at radius 3 is 2.67 bits per heavy atom. The number of nitrogens with one attached hydrogen (secondary N) is 1. The average molecular weight is 298 g/mol. The van der Waals surface area contributed by atoms with E-state index < -0.39 is 0 Å². The van der Waals surface area contributed by atoms with E-state index in [-0.39, 0.29) is 11.5 Å². The summed E-state index contributed by atoms with van der Waals surface area (Å²) in [6.45, 7) is 4.62. The lowest BCUT2D eigenvalue weighted by atomic mass is 9.99. The molecule has 120 valence electrons. The Balaban J connectivity index is 1.68. The zero-order chi connectivity index (χ0) is 15.3. The summed E-state index contributed by atoms with van der Waals surface area (Å²) >= 11 is 0. The van der Waals surface area contributed by atoms with Crippen molar-refractivity contribution in [3.05, 3.63) is 0 Å². The maximum atomic E-state index is 11.6. The monoisotopic (exact) mass is 298 g/mol. The highest BCUT2D eigenvalue weighted by atomic mass is 16.6. The van der Waals surface area contributed by atoms with Crippen LogP contribution in [0.25, 0.3) is 0 Å². The molecule has 0 atom stereocenters. The first kappa shape index (κ1) is 15.9. The standard InChI is InChI=1S/C14H26N4O3/c1-2-21-13(19)18-7-3-11(4-8-18)16-10-14(5-6-14)9-12(15)17-20/h11,16,20H,2-10H2,1H3,(H2,15,17). The van der Waals surface area contributed by atoms with Gasteiger partial charge in [0.05, 0.1) is 6.61 Å². The highest BCUT2D eigenvalue weighted by Gasteiger charge is 2.43. The van der Waals surface area contributed by atoms with Gasteiger partial charge in [0.15, 0.2) is 0 Å². The van der Waals surface area contributed by atoms with Crippen LogP contribution in [0.3, 0.4) is 0 Å². The number of hydrogen-bond donors (Lipinski definition) is 3. The predicted octanol–water partition coefficient (Wildman–Crippen LogP) is 1.11. The Bertz CT molecular complexity index is 388. The Hall–Kier alpha value is -1.50. The van der Waals surface area contributed by atoms with Gasteiger partial charge in [-0.3, -0.25) is 0 Å². The minimum atomic E-state index is -0.207. The third kappa shape index (κ3) is 4.49. The Morgan fingerprint density at radius 2 is 2.14 bits per heavy atom. The van der Waals surface area contributed by atoms with Crippen molar-refractivity contribution >= 4 is 11.9 Å². The number of carbonyl (C=O) groups is 1. The summed E-state index contributed by atoms with van der Waals surface area (Å²) < 4.78 is 5.01. The van der Waals surface area contributed by atoms with Gasteiger partial charge in [0, 0.05) is 32.1 Å². The second kappa shape index (κ2) is 6.98. The molecule has 4 N–H and O–H groups in total. The molecule has 0 aromatic carbocycles. The fourth-order valence-electron chi connectivity index (χ4n) is 2.85. The van der Waals surface area contributed by atoms with Gasteiger partial charge in [0.1, 0.15) is 5.84 Å². The highest BCUT2D eigenvalue weighted by molar-refractivity contribution is 5.80. The number of amides is 1. The second-order valence-electron chi connectivity index (χ2n) is 6.11. The van der Waals surface area contributed by atoms with E-state index in [0.717, 1.165) is 45.3 Å². The first-order chi connectivity index (χ1) is 10.1. The van der Waals surface area contributed by atoms with Crippen LogP contribution in [0.15, 0.2) is 5.16 Å². The summed E-state index contributed by atoms with van der Waals surface area (Å²) in [4.78, 5) is 13.4. The van der Waals surface area contributed by atoms with Crippen molar-refractivity contribution < 1.29 is 14.7 Å². The number of nitrogens with zero attached hydrogens (tertiary/aromatic N) is 2. The lowest BCUT2D eigenvalue weighted by molar-refractivity contribution is 0.0946. The van der Waals surface area contributed by atoms with Crippen LogP contribution in [0, 0.1) is 5.41 Å². The molecule has 1 amide bonds. The van der Waals surface area contributed by atoms with E-state index in [4.69, 9.17) is 15.7 Å². The molecule has 0 aromatic rings. The molecule has 21 heavy (non-hydrogen) atoms. The van der Waals surface area contributed by atoms with E-state index in [9.17, 15) is 4.79 Å². The van der Waals surface area contributed by atoms with Crippen molar-refractivity contribution in [2.24, 2.45) is 16.3 Å². The van der Waals surface area contributed by atoms with Gasteiger partial charge in [-0.25, -0.2) is 4.79 Å². The third-order valence-electron chi connectivity index (χ3n) is 4.43. The number of piperidine rings is 1. The molecule has 1 heterocycles. The first-order valence-electron chi connectivity index (χ1n) is 7.70. The number of nitrogens with two attached hydrogens (primary N) is 1. The van der Waals surface area contributed by atoms with Gasteiger partial charge in [0.2, 0.25) is 0 Å². The van der Waals surface area contributed by atoms with Gasteiger partial charge < -0.3 is 25.9 Å². The Kier molecular flexibility index (Phi) is 5.27. The van der Waals surface area contributed by atoms with Crippen LogP contribution in [0.1, 0.15) is 39.0 Å². The number of rotatable bonds is 6. The van der Waals surface area contributed by atoms with E-state index in [1.54, 1.807) is 4.90 Å². The maximum absolute atomic E-state index is 11.6. The minimum absolute atomic E-state index is 0.175. The van der Waals surface area contributed by atoms with Gasteiger partial charge in [0.25, 0.3) is 0 Å². The van der Waals surface area contributed by atoms with Crippen LogP contribution in [0.4, 0.5) is 4.79 Å². The van der Waals surface area contributed by atoms with Crippen molar-refractivity contribution in [3.63, 3.8) is 0 Å². The Labute approximate surface area is 125 Å². The lowest BCUT2D eigenvalue weighted by Gasteiger charge is -2.32. The summed E-state index contributed by atoms with van der Waals surface area (Å²) in [5.74, 6) is 0.312. The molecule has 2 rings (SSSR count). The van der Waals surface area contributed by atoms with Crippen LogP contribution in [0.2, 0.25) is 0 Å². The molecule has 0 bridgehead atoms. The number of ether oxygens (including phenoxy) is 1. The zero-order valence-corrected chi connectivity index (χ0v) is 12.7. The molecule has 1 saturated heterocycles. The van der Waals surface area contributed by atoms with Crippen LogP contribution >= 0.6 is 0 Å². The molecule has 7 nitrogen and oxygen atoms in total. The van der Waals surface area contributed by atoms with Crippen LogP contribution in [-0.4, -0.2) is 54.3 Å². The quantitative estimate of drug-likeness (QED) is 0.295. The van der Waals surface area contributed by atoms with E-state index in [1.165, 1.54) is 0 Å². The van der Waals surface area contributed by atoms with Gasteiger partial charge >= 0.3 is 6.09 Å². The van der Waals surface area contributed by atoms with Crippen LogP contribution in [0.5, 0.6) is 0 Å². The molecule has 0 spiro atoms. The average Bonchev–Trinajstić information content (AvgIpc) is 3.26. The molecule has 7 heteroatoms. The first-order valence-corrected chi connectivity index (χ1v) is 7.70. The maximum Gasteiger partial charge on any atom is 0.409 e. The number of oxime groups is 1. The summed E-state index contributed by atoms with van der Waals surface area (Å²) in [6.07, 6.45) is 4.58. The number of amidine groups is 1. The SMILES string of the molecule is CCOC(=O)N1CCC(NCC2(CC(N)=NO)CC2)CC1. The van der Waals surface area contributed by atoms with Crippen molar-refractivity contribution in [1.29, 1.82) is 0 Å². The van der Waals surface area contributed by atoms with Crippen LogP contribution in [-0.2, 0) is 4.74 Å². The minimum Gasteiger partial charge on any atom is -0.450 e. The molecule has 2 fully saturated rings. The largest absolute Gasteiger partial charge is 0.450 e. The van der Waals surface area contributed by atoms with Crippen LogP contribution < -0.4 is 11.1 Å². The second-order valence-corrected chi connectivity index (χ2v) is 6.11. The van der Waals surface area contributed by atoms with Gasteiger partial charge in [-0.1, -0.05) is 5.16 Å². The fourth-order valence-corrected chi connectivity index (χ4v) is 2.85. The molecule has 0 radical (unpaired) electrons. The van der Waals surface area contributed by atoms with Gasteiger partial charge in [-0.15, -0.1) is 0 Å². The topological polar surface area (TPSA) is 100 Å². The normalized spacial score (nSPS) is 22.1. The number of hydrogen-bond acceptors (Lipinski definition) is 5. The van der Waals surface area contributed by atoms with Crippen molar-refractivity contribution in [2.75, 3.05) is 26.2 Å². The van der Waals surface area contributed by atoms with E-state index >= 15 is 0 Å². The zero-order valence-electron chi connectivity index (χ0n) is 12.7. The summed E-state index contributed by atoms with van der Waals surface area (Å²) in [7, 11) is 0. The van der Waals surface area contributed by atoms with Crippen molar-refractivity contribution in [2.45, 2.75) is 45.1 Å². The summed E-state index contributed by atoms with van der Waals surface area (Å²) in [6, 6.07) is 0.431. The number of likely N-dealkylation sites (tertiary alicyclic amines) is 1. The van der Waals surface area contributed by atoms with Crippen molar-refractivity contribution in [1.82, 2.24) is 10.2 Å². The molecule has 1 aliphatic carbocycles. The molecule has 1 saturated carbocycles. The predicted molar refractivity (Wildman–Crippen MR) is 79.3 cm³/mol. The van der Waals surface area contributed by atoms with Crippen molar-refractivity contribution in [3.8, 4) is 0 Å². The number of carbonyl (C=O) groups excluding carboxylic acids is 1. The highest BCUT2D eigenvalue weighted by Crippen LogP contribution is 2.48. The Morgan fingerprint density at radius 1 is 1.48 bits per heavy atom. The molecule has 1 aliphatic heterocycles. The fraction of sp³-hybridized carbons (Fsp3) is 0.857. The van der Waals surface area contributed by atoms with E-state index in [2.05, 4.69) is 10.5 Å². The van der Waals surface area contributed by atoms with E-state index in [1.807, 2.05) is 6.92 Å². The molecule has 2 aliphatic rings. The van der Waals surface area contributed by atoms with Gasteiger partial charge in [-0.2, -0.15) is 0 Å². The summed E-state index contributed by atoms with van der Waals surface area (Å²) in [5, 5.41) is 15.3. The van der Waals surface area contributed by atoms with Gasteiger partial charge in [-0.05, 0) is 38.0 Å². The van der Waals surface area contributed by atoms with E-state index in [0.29, 0.717) is 24.9 Å².